The fourth-order valence-corrected chi connectivity index (χ4v) is 2.18. The molecule has 0 bridgehead atoms. The number of rotatable bonds is 6. The van der Waals surface area contributed by atoms with Gasteiger partial charge in [-0.05, 0) is 0 Å². The van der Waals surface area contributed by atoms with E-state index in [2.05, 4.69) is 23.2 Å². The lowest BCUT2D eigenvalue weighted by atomic mass is 10.4. The molecule has 21 heavy (non-hydrogen) atoms. The van der Waals surface area contributed by atoms with Crippen LogP contribution in [0, 0.1) is 0 Å². The van der Waals surface area contributed by atoms with E-state index in [9.17, 15) is 13.2 Å². The molecule has 0 aromatic carbocycles. The Morgan fingerprint density at radius 3 is 2.62 bits per heavy atom. The van der Waals surface area contributed by atoms with E-state index in [0.717, 1.165) is 15.3 Å². The Hall–Kier alpha value is -1.71. The smallest absolute Gasteiger partial charge is 0.314 e. The summed E-state index contributed by atoms with van der Waals surface area (Å²) in [5.74, 6) is 0. The van der Waals surface area contributed by atoms with Crippen LogP contribution in [0.4, 0.5) is 4.79 Å². The highest BCUT2D eigenvalue weighted by Crippen LogP contribution is 2.08. The predicted octanol–water partition coefficient (Wildman–Crippen LogP) is 0.737. The minimum atomic E-state index is -3.79. The summed E-state index contributed by atoms with van der Waals surface area (Å²) in [6, 6.07) is -0.579. The summed E-state index contributed by atoms with van der Waals surface area (Å²) in [5, 5.41) is 3.49. The van der Waals surface area contributed by atoms with Crippen molar-refractivity contribution in [1.82, 2.24) is 24.0 Å². The Morgan fingerprint density at radius 1 is 1.52 bits per heavy atom. The fourth-order valence-electron chi connectivity index (χ4n) is 1.34. The molecule has 0 N–H and O–H groups in total. The maximum Gasteiger partial charge on any atom is 0.346 e. The molecule has 1 aromatic heterocycles. The Morgan fingerprint density at radius 2 is 2.14 bits per heavy atom. The predicted molar refractivity (Wildman–Crippen MR) is 78.5 cm³/mol. The molecule has 0 aliphatic carbocycles. The highest BCUT2D eigenvalue weighted by atomic mass is 35.5. The molecule has 8 nitrogen and oxygen atoms in total. The molecule has 0 spiro atoms. The van der Waals surface area contributed by atoms with Crippen molar-refractivity contribution in [3.05, 3.63) is 30.6 Å². The van der Waals surface area contributed by atoms with E-state index in [-0.39, 0.29) is 18.1 Å². The maximum atomic E-state index is 12.2. The molecular weight excluding hydrogens is 318 g/mol. The van der Waals surface area contributed by atoms with Crippen LogP contribution in [-0.2, 0) is 10.0 Å². The first kappa shape index (κ1) is 17.3. The van der Waals surface area contributed by atoms with Gasteiger partial charge in [0.15, 0.2) is 0 Å². The van der Waals surface area contributed by atoms with Gasteiger partial charge in [0.1, 0.15) is 6.33 Å². The second-order valence-corrected chi connectivity index (χ2v) is 6.81. The van der Waals surface area contributed by atoms with Gasteiger partial charge in [0.2, 0.25) is 0 Å². The van der Waals surface area contributed by atoms with Crippen molar-refractivity contribution in [3.63, 3.8) is 0 Å². The van der Waals surface area contributed by atoms with Crippen molar-refractivity contribution >= 4 is 27.7 Å². The van der Waals surface area contributed by atoms with Gasteiger partial charge in [0, 0.05) is 25.7 Å². The summed E-state index contributed by atoms with van der Waals surface area (Å²) in [6.07, 6.45) is 2.54. The third kappa shape index (κ3) is 4.13. The lowest BCUT2D eigenvalue weighted by Crippen LogP contribution is -2.36. The molecule has 0 atom stereocenters. The molecule has 1 rings (SSSR count). The van der Waals surface area contributed by atoms with Crippen LogP contribution in [0.15, 0.2) is 35.7 Å². The molecular formula is C11H16ClN5O3S. The van der Waals surface area contributed by atoms with Crippen molar-refractivity contribution in [2.75, 3.05) is 27.2 Å². The van der Waals surface area contributed by atoms with Crippen LogP contribution in [-0.4, -0.2) is 65.6 Å². The van der Waals surface area contributed by atoms with Crippen molar-refractivity contribution in [2.24, 2.45) is 0 Å². The van der Waals surface area contributed by atoms with Crippen LogP contribution >= 0.6 is 11.6 Å². The van der Waals surface area contributed by atoms with Gasteiger partial charge >= 0.3 is 6.03 Å². The molecule has 0 aliphatic heterocycles. The zero-order chi connectivity index (χ0) is 16.2. The molecule has 0 radical (unpaired) electrons. The molecule has 1 amide bonds. The molecule has 1 aromatic rings. The van der Waals surface area contributed by atoms with Gasteiger partial charge in [-0.15, -0.1) is 11.7 Å². The third-order valence-electron chi connectivity index (χ3n) is 2.36. The topological polar surface area (TPSA) is 88.4 Å². The van der Waals surface area contributed by atoms with Gasteiger partial charge in [-0.25, -0.2) is 22.5 Å². The highest BCUT2D eigenvalue weighted by molar-refractivity contribution is 7.88. The number of amides is 1. The second kappa shape index (κ2) is 6.83. The average molecular weight is 334 g/mol. The summed E-state index contributed by atoms with van der Waals surface area (Å²) >= 11 is 5.69. The van der Waals surface area contributed by atoms with Gasteiger partial charge in [-0.2, -0.15) is 4.68 Å². The first-order chi connectivity index (χ1) is 9.70. The summed E-state index contributed by atoms with van der Waals surface area (Å²) in [5.41, 5.74) is 0. The Labute approximate surface area is 128 Å². The third-order valence-corrected chi connectivity index (χ3v) is 4.09. The van der Waals surface area contributed by atoms with E-state index in [1.165, 1.54) is 25.1 Å². The monoisotopic (exact) mass is 333 g/mol. The van der Waals surface area contributed by atoms with Gasteiger partial charge in [0.25, 0.3) is 15.2 Å². The second-order valence-electron chi connectivity index (χ2n) is 4.23. The zero-order valence-corrected chi connectivity index (χ0v) is 13.3. The van der Waals surface area contributed by atoms with Crippen LogP contribution in [0.1, 0.15) is 0 Å². The van der Waals surface area contributed by atoms with Gasteiger partial charge < -0.3 is 4.90 Å². The lowest BCUT2D eigenvalue weighted by molar-refractivity contribution is 0.206. The number of nitrogens with zero attached hydrogens (tertiary/aromatic N) is 5. The summed E-state index contributed by atoms with van der Waals surface area (Å²) in [6.45, 7) is 7.34. The normalized spacial score (nSPS) is 11.4. The number of halogens is 1. The number of hydrogen-bond acceptors (Lipinski definition) is 5. The van der Waals surface area contributed by atoms with E-state index >= 15 is 0 Å². The van der Waals surface area contributed by atoms with Crippen molar-refractivity contribution in [2.45, 2.75) is 5.16 Å². The summed E-state index contributed by atoms with van der Waals surface area (Å²) in [4.78, 5) is 17.2. The lowest BCUT2D eigenvalue weighted by Gasteiger charge is -2.19. The molecule has 0 unspecified atom stereocenters. The zero-order valence-electron chi connectivity index (χ0n) is 11.7. The number of carbonyl (C=O) groups excluding carboxylic acids is 1. The molecule has 1 heterocycles. The average Bonchev–Trinajstić information content (AvgIpc) is 2.86. The SMILES string of the molecule is C=CCN(CC(=C)Cl)C(=O)n1cnc(S(=O)(=O)N(C)C)n1. The molecule has 0 fully saturated rings. The number of sulfonamides is 1. The Kier molecular flexibility index (Phi) is 5.64. The van der Waals surface area contributed by atoms with E-state index in [0.29, 0.717) is 0 Å². The quantitative estimate of drug-likeness (QED) is 0.716. The first-order valence-electron chi connectivity index (χ1n) is 5.77. The molecule has 10 heteroatoms. The number of hydrogen-bond donors (Lipinski definition) is 0. The van der Waals surface area contributed by atoms with Crippen LogP contribution in [0.25, 0.3) is 0 Å². The van der Waals surface area contributed by atoms with Crippen molar-refractivity contribution in [3.8, 4) is 0 Å². The van der Waals surface area contributed by atoms with Crippen LogP contribution in [0.5, 0.6) is 0 Å². The standard InChI is InChI=1S/C11H16ClN5O3S/c1-5-6-16(7-9(2)12)11(18)17-8-13-10(14-17)21(19,20)15(3)4/h5,8H,1-2,6-7H2,3-4H3. The Bertz CT molecular complexity index is 653. The van der Waals surface area contributed by atoms with Crippen LogP contribution < -0.4 is 0 Å². The highest BCUT2D eigenvalue weighted by Gasteiger charge is 2.25. The molecule has 0 aliphatic rings. The summed E-state index contributed by atoms with van der Waals surface area (Å²) < 4.78 is 25.5. The molecule has 116 valence electrons. The van der Waals surface area contributed by atoms with Crippen molar-refractivity contribution in [1.29, 1.82) is 0 Å². The molecule has 0 saturated carbocycles. The van der Waals surface area contributed by atoms with Crippen LogP contribution in [0.3, 0.4) is 0 Å². The number of aromatic nitrogens is 3. The molecule has 0 saturated heterocycles. The van der Waals surface area contributed by atoms with Crippen LogP contribution in [0.2, 0.25) is 0 Å². The minimum Gasteiger partial charge on any atom is -0.314 e. The van der Waals surface area contributed by atoms with Gasteiger partial charge in [-0.3, -0.25) is 0 Å². The number of carbonyl (C=O) groups is 1. The van der Waals surface area contributed by atoms with E-state index in [1.54, 1.807) is 0 Å². The minimum absolute atomic E-state index is 0.0853. The van der Waals surface area contributed by atoms with Crippen molar-refractivity contribution < 1.29 is 13.2 Å². The van der Waals surface area contributed by atoms with E-state index < -0.39 is 21.2 Å². The van der Waals surface area contributed by atoms with E-state index in [1.807, 2.05) is 0 Å². The fraction of sp³-hybridized carbons (Fsp3) is 0.364. The van der Waals surface area contributed by atoms with Gasteiger partial charge in [-0.1, -0.05) is 24.3 Å². The summed E-state index contributed by atoms with van der Waals surface area (Å²) in [7, 11) is -1.10. The van der Waals surface area contributed by atoms with E-state index in [4.69, 9.17) is 11.6 Å². The largest absolute Gasteiger partial charge is 0.346 e. The first-order valence-corrected chi connectivity index (χ1v) is 7.59. The van der Waals surface area contributed by atoms with Gasteiger partial charge in [0.05, 0.1) is 6.54 Å². The maximum absolute atomic E-state index is 12.2. The Balaban J connectivity index is 3.06.